The summed E-state index contributed by atoms with van der Waals surface area (Å²) in [4.78, 5) is 4.27. The second kappa shape index (κ2) is 9.23. The van der Waals surface area contributed by atoms with Crippen molar-refractivity contribution in [2.24, 2.45) is 0 Å². The molecule has 4 rings (SSSR count). The molecule has 0 aliphatic carbocycles. The third-order valence-electron chi connectivity index (χ3n) is 5.81. The first kappa shape index (κ1) is 25.7. The van der Waals surface area contributed by atoms with Crippen molar-refractivity contribution in [3.63, 3.8) is 0 Å². The Morgan fingerprint density at radius 1 is 0.972 bits per heavy atom. The lowest BCUT2D eigenvalue weighted by Crippen LogP contribution is -2.45. The normalized spacial score (nSPS) is 14.1. The first-order valence-electron chi connectivity index (χ1n) is 10.9. The Morgan fingerprint density at radius 3 is 2.11 bits per heavy atom. The van der Waals surface area contributed by atoms with E-state index in [1.54, 1.807) is 6.92 Å². The van der Waals surface area contributed by atoms with Crippen molar-refractivity contribution in [3.8, 4) is 11.5 Å². The van der Waals surface area contributed by atoms with Crippen molar-refractivity contribution in [2.45, 2.75) is 36.7 Å². The minimum Gasteiger partial charge on any atom is -0.457 e. The van der Waals surface area contributed by atoms with Gasteiger partial charge in [-0.15, -0.1) is 0 Å². The van der Waals surface area contributed by atoms with Crippen LogP contribution in [0.5, 0.6) is 11.5 Å². The zero-order valence-electron chi connectivity index (χ0n) is 19.3. The summed E-state index contributed by atoms with van der Waals surface area (Å²) in [5, 5.41) is 20.3. The van der Waals surface area contributed by atoms with Gasteiger partial charge in [0, 0.05) is 24.4 Å². The van der Waals surface area contributed by atoms with E-state index in [-0.39, 0.29) is 23.6 Å². The minimum atomic E-state index is -5.09. The van der Waals surface area contributed by atoms with Crippen LogP contribution in [0.4, 0.5) is 13.2 Å². The molecule has 1 unspecified atom stereocenters. The van der Waals surface area contributed by atoms with E-state index in [4.69, 9.17) is 4.74 Å². The molecule has 3 aromatic carbocycles. The van der Waals surface area contributed by atoms with Crippen molar-refractivity contribution in [1.29, 1.82) is 0 Å². The molecular formula is C25H23F3N2O5S. The van der Waals surface area contributed by atoms with Gasteiger partial charge in [-0.3, -0.25) is 0 Å². The molecule has 0 radical (unpaired) electrons. The van der Waals surface area contributed by atoms with E-state index in [2.05, 4.69) is 4.98 Å². The van der Waals surface area contributed by atoms with E-state index < -0.39 is 33.0 Å². The van der Waals surface area contributed by atoms with Crippen LogP contribution in [0.2, 0.25) is 0 Å². The molecule has 190 valence electrons. The molecule has 1 atom stereocenters. The molecule has 4 aromatic rings. The van der Waals surface area contributed by atoms with Crippen LogP contribution >= 0.6 is 0 Å². The molecule has 7 nitrogen and oxygen atoms in total. The summed E-state index contributed by atoms with van der Waals surface area (Å²) in [6.45, 7) is 1.36. The number of benzene rings is 3. The van der Waals surface area contributed by atoms with Gasteiger partial charge in [0.25, 0.3) is 0 Å². The van der Waals surface area contributed by atoms with Crippen molar-refractivity contribution in [2.75, 3.05) is 6.26 Å². The molecule has 0 fully saturated rings. The average Bonchev–Trinajstić information content (AvgIpc) is 3.21. The largest absolute Gasteiger partial charge is 0.457 e. The number of nitrogens with zero attached hydrogens (tertiary/aromatic N) is 2. The third kappa shape index (κ3) is 4.57. The van der Waals surface area contributed by atoms with Gasteiger partial charge in [0.1, 0.15) is 11.5 Å². The van der Waals surface area contributed by atoms with Gasteiger partial charge in [-0.25, -0.2) is 13.4 Å². The Morgan fingerprint density at radius 2 is 1.58 bits per heavy atom. The fourth-order valence-electron chi connectivity index (χ4n) is 3.92. The number of rotatable bonds is 7. The summed E-state index contributed by atoms with van der Waals surface area (Å²) >= 11 is 0. The van der Waals surface area contributed by atoms with Crippen LogP contribution in [0, 0.1) is 0 Å². The number of aromatic nitrogens is 2. The first-order valence-corrected chi connectivity index (χ1v) is 12.8. The second-order valence-electron chi connectivity index (χ2n) is 8.24. The van der Waals surface area contributed by atoms with E-state index >= 15 is 0 Å². The quantitative estimate of drug-likeness (QED) is 0.371. The highest BCUT2D eigenvalue weighted by Gasteiger charge is 2.59. The maximum Gasteiger partial charge on any atom is 0.428 e. The van der Waals surface area contributed by atoms with Crippen molar-refractivity contribution in [3.05, 3.63) is 83.7 Å². The van der Waals surface area contributed by atoms with Crippen molar-refractivity contribution >= 4 is 20.9 Å². The number of halogens is 3. The summed E-state index contributed by atoms with van der Waals surface area (Å²) in [5.41, 5.74) is -2.90. The topological polar surface area (TPSA) is 102 Å². The van der Waals surface area contributed by atoms with E-state index in [1.165, 1.54) is 59.2 Å². The summed E-state index contributed by atoms with van der Waals surface area (Å²) in [6.07, 6.45) is -4.01. The molecular weight excluding hydrogens is 497 g/mol. The van der Waals surface area contributed by atoms with E-state index in [0.717, 1.165) is 18.4 Å². The third-order valence-corrected chi connectivity index (χ3v) is 6.94. The van der Waals surface area contributed by atoms with E-state index in [1.807, 2.05) is 0 Å². The van der Waals surface area contributed by atoms with Crippen LogP contribution in [0.3, 0.4) is 0 Å². The number of aryl methyl sites for hydroxylation is 1. The summed E-state index contributed by atoms with van der Waals surface area (Å²) < 4.78 is 73.4. The van der Waals surface area contributed by atoms with Crippen LogP contribution in [-0.4, -0.2) is 40.6 Å². The Kier molecular flexibility index (Phi) is 6.58. The Labute approximate surface area is 205 Å². The minimum absolute atomic E-state index is 0.0749. The zero-order valence-corrected chi connectivity index (χ0v) is 20.1. The standard InChI is InChI=1S/C25H23F3N2O5S/c1-3-30-22-14-19(35-18-8-11-20(12-9-18)36(2,33)34)10-13-21(22)29-23(30)24(32,25(26,27)28)17-6-4-16(15-31)5-7-17/h4-14,31-32H,3,15H2,1-2H3. The maximum atomic E-state index is 14.4. The molecule has 0 spiro atoms. The number of sulfone groups is 1. The highest BCUT2D eigenvalue weighted by molar-refractivity contribution is 7.90. The molecule has 11 heteroatoms. The monoisotopic (exact) mass is 520 g/mol. The van der Waals surface area contributed by atoms with Crippen LogP contribution in [0.25, 0.3) is 11.0 Å². The molecule has 0 saturated carbocycles. The molecule has 36 heavy (non-hydrogen) atoms. The van der Waals surface area contributed by atoms with E-state index in [9.17, 15) is 31.8 Å². The van der Waals surface area contributed by atoms with Crippen molar-refractivity contribution in [1.82, 2.24) is 9.55 Å². The number of imidazole rings is 1. The number of hydrogen-bond donors (Lipinski definition) is 2. The number of alkyl halides is 3. The van der Waals surface area contributed by atoms with Crippen molar-refractivity contribution < 1.29 is 36.5 Å². The predicted molar refractivity (Wildman–Crippen MR) is 126 cm³/mol. The lowest BCUT2D eigenvalue weighted by molar-refractivity contribution is -0.252. The average molecular weight is 521 g/mol. The molecule has 0 aliphatic heterocycles. The van der Waals surface area contributed by atoms with Gasteiger partial charge in [-0.2, -0.15) is 13.2 Å². The molecule has 0 saturated heterocycles. The van der Waals surface area contributed by atoms with Crippen LogP contribution in [-0.2, 0) is 28.6 Å². The van der Waals surface area contributed by atoms with Gasteiger partial charge < -0.3 is 19.5 Å². The molecule has 0 amide bonds. The Hall–Kier alpha value is -3.41. The number of fused-ring (bicyclic) bond motifs is 1. The maximum absolute atomic E-state index is 14.4. The molecule has 1 heterocycles. The van der Waals surface area contributed by atoms with Gasteiger partial charge >= 0.3 is 6.18 Å². The summed E-state index contributed by atoms with van der Waals surface area (Å²) in [7, 11) is -3.38. The van der Waals surface area contributed by atoms with E-state index in [0.29, 0.717) is 22.6 Å². The summed E-state index contributed by atoms with van der Waals surface area (Å²) in [6, 6.07) is 15.1. The fraction of sp³-hybridized carbons (Fsp3) is 0.240. The first-order chi connectivity index (χ1) is 16.9. The van der Waals surface area contributed by atoms with Crippen LogP contribution < -0.4 is 4.74 Å². The molecule has 2 N–H and O–H groups in total. The zero-order chi connectivity index (χ0) is 26.3. The lowest BCUT2D eigenvalue weighted by atomic mass is 9.91. The smallest absolute Gasteiger partial charge is 0.428 e. The molecule has 0 bridgehead atoms. The summed E-state index contributed by atoms with van der Waals surface area (Å²) in [5.74, 6) is 0.0258. The number of aliphatic hydroxyl groups excluding tert-OH is 1. The number of aliphatic hydroxyl groups is 2. The molecule has 1 aromatic heterocycles. The Bertz CT molecular complexity index is 1500. The highest BCUT2D eigenvalue weighted by Crippen LogP contribution is 2.45. The Balaban J connectivity index is 1.79. The number of hydrogen-bond acceptors (Lipinski definition) is 6. The van der Waals surface area contributed by atoms with Gasteiger partial charge in [-0.05, 0) is 48.9 Å². The van der Waals surface area contributed by atoms with Gasteiger partial charge in [0.05, 0.1) is 22.5 Å². The second-order valence-corrected chi connectivity index (χ2v) is 10.3. The lowest BCUT2D eigenvalue weighted by Gasteiger charge is -2.31. The van der Waals surface area contributed by atoms with Gasteiger partial charge in [-0.1, -0.05) is 24.3 Å². The van der Waals surface area contributed by atoms with Crippen LogP contribution in [0.1, 0.15) is 23.9 Å². The fourth-order valence-corrected chi connectivity index (χ4v) is 4.55. The van der Waals surface area contributed by atoms with Gasteiger partial charge in [0.2, 0.25) is 5.60 Å². The van der Waals surface area contributed by atoms with Crippen LogP contribution in [0.15, 0.2) is 71.6 Å². The number of ether oxygens (including phenoxy) is 1. The van der Waals surface area contributed by atoms with Gasteiger partial charge in [0.15, 0.2) is 15.7 Å². The molecule has 0 aliphatic rings. The SMILES string of the molecule is CCn1c(C(O)(c2ccc(CO)cc2)C(F)(F)F)nc2ccc(Oc3ccc(S(C)(=O)=O)cc3)cc21. The highest BCUT2D eigenvalue weighted by atomic mass is 32.2. The predicted octanol–water partition coefficient (Wildman–Crippen LogP) is 4.54.